The highest BCUT2D eigenvalue weighted by molar-refractivity contribution is 7.80. The van der Waals surface area contributed by atoms with E-state index in [2.05, 4.69) is 19.2 Å². The van der Waals surface area contributed by atoms with Crippen molar-refractivity contribution in [3.8, 4) is 0 Å². The number of rotatable bonds is 9. The van der Waals surface area contributed by atoms with Crippen LogP contribution >= 0.6 is 12.2 Å². The first-order chi connectivity index (χ1) is 7.70. The van der Waals surface area contributed by atoms with Crippen LogP contribution in [0.5, 0.6) is 0 Å². The summed E-state index contributed by atoms with van der Waals surface area (Å²) in [5.74, 6) is 0. The fourth-order valence-corrected chi connectivity index (χ4v) is 2.00. The molecule has 0 radical (unpaired) electrons. The van der Waals surface area contributed by atoms with Crippen molar-refractivity contribution >= 4 is 17.4 Å². The Kier molecular flexibility index (Phi) is 11.0. The molecule has 3 heteroatoms. The van der Waals surface area contributed by atoms with Gasteiger partial charge >= 0.3 is 0 Å². The van der Waals surface area contributed by atoms with E-state index < -0.39 is 0 Å². The van der Waals surface area contributed by atoms with Crippen LogP contribution in [0.3, 0.4) is 0 Å². The summed E-state index contributed by atoms with van der Waals surface area (Å²) in [6.45, 7) is 7.01. The summed E-state index contributed by atoms with van der Waals surface area (Å²) in [6.07, 6.45) is 9.26. The summed E-state index contributed by atoms with van der Waals surface area (Å²) >= 11 is 5.03. The zero-order valence-electron chi connectivity index (χ0n) is 11.1. The molecule has 0 rings (SSSR count). The van der Waals surface area contributed by atoms with Gasteiger partial charge in [-0.25, -0.2) is 0 Å². The van der Waals surface area contributed by atoms with Crippen molar-refractivity contribution in [1.29, 1.82) is 0 Å². The van der Waals surface area contributed by atoms with Crippen molar-refractivity contribution in [1.82, 2.24) is 5.32 Å². The molecule has 16 heavy (non-hydrogen) atoms. The van der Waals surface area contributed by atoms with Crippen molar-refractivity contribution in [2.45, 2.75) is 71.8 Å². The molecule has 0 aromatic heterocycles. The normalized spacial score (nSPS) is 12.2. The molecule has 0 saturated heterocycles. The van der Waals surface area contributed by atoms with E-state index in [9.17, 15) is 0 Å². The largest absolute Gasteiger partial charge is 0.471 e. The maximum absolute atomic E-state index is 5.19. The quantitative estimate of drug-likeness (QED) is 0.489. The Morgan fingerprint density at radius 1 is 1.12 bits per heavy atom. The molecule has 0 aromatic rings. The maximum atomic E-state index is 5.19. The lowest BCUT2D eigenvalue weighted by Crippen LogP contribution is -2.32. The van der Waals surface area contributed by atoms with Gasteiger partial charge in [-0.2, -0.15) is 0 Å². The minimum absolute atomic E-state index is 0.435. The molecule has 1 atom stereocenters. The van der Waals surface area contributed by atoms with E-state index in [0.29, 0.717) is 17.8 Å². The minimum Gasteiger partial charge on any atom is -0.471 e. The summed E-state index contributed by atoms with van der Waals surface area (Å²) < 4.78 is 5.19. The Balaban J connectivity index is 3.29. The van der Waals surface area contributed by atoms with Crippen molar-refractivity contribution in [2.24, 2.45) is 0 Å². The van der Waals surface area contributed by atoms with Gasteiger partial charge in [0.05, 0.1) is 6.61 Å². The van der Waals surface area contributed by atoms with E-state index in [4.69, 9.17) is 17.0 Å². The topological polar surface area (TPSA) is 21.3 Å². The Labute approximate surface area is 106 Å². The van der Waals surface area contributed by atoms with Gasteiger partial charge in [0.15, 0.2) is 0 Å². The van der Waals surface area contributed by atoms with Gasteiger partial charge in [-0.05, 0) is 32.5 Å². The predicted molar refractivity (Wildman–Crippen MR) is 74.8 cm³/mol. The van der Waals surface area contributed by atoms with E-state index >= 15 is 0 Å². The Bertz CT molecular complexity index is 173. The summed E-state index contributed by atoms with van der Waals surface area (Å²) in [4.78, 5) is 0. The van der Waals surface area contributed by atoms with Gasteiger partial charge < -0.3 is 10.1 Å². The van der Waals surface area contributed by atoms with E-state index in [1.807, 2.05) is 6.92 Å². The van der Waals surface area contributed by atoms with Crippen LogP contribution in [0.4, 0.5) is 0 Å². The number of hydrogen-bond acceptors (Lipinski definition) is 2. The van der Waals surface area contributed by atoms with Gasteiger partial charge in [0.2, 0.25) is 0 Å². The molecular weight excluding hydrogens is 218 g/mol. The first kappa shape index (κ1) is 15.7. The molecule has 0 aliphatic heterocycles. The van der Waals surface area contributed by atoms with E-state index in [1.54, 1.807) is 0 Å². The molecule has 0 aliphatic carbocycles. The molecule has 1 N–H and O–H groups in total. The second-order valence-corrected chi connectivity index (χ2v) is 4.69. The second-order valence-electron chi connectivity index (χ2n) is 4.32. The molecule has 0 bridgehead atoms. The lowest BCUT2D eigenvalue weighted by Gasteiger charge is -2.15. The first-order valence-corrected chi connectivity index (χ1v) is 7.04. The fourth-order valence-electron chi connectivity index (χ4n) is 1.68. The highest BCUT2D eigenvalue weighted by Gasteiger charge is 2.03. The highest BCUT2D eigenvalue weighted by Crippen LogP contribution is 2.08. The fraction of sp³-hybridized carbons (Fsp3) is 0.923. The van der Waals surface area contributed by atoms with Crippen molar-refractivity contribution in [2.75, 3.05) is 6.61 Å². The van der Waals surface area contributed by atoms with Crippen molar-refractivity contribution in [3.05, 3.63) is 0 Å². The third-order valence-electron chi connectivity index (χ3n) is 2.63. The van der Waals surface area contributed by atoms with E-state index in [1.165, 1.54) is 44.9 Å². The molecule has 0 heterocycles. The zero-order valence-corrected chi connectivity index (χ0v) is 11.9. The number of nitrogens with one attached hydrogen (secondary N) is 1. The van der Waals surface area contributed by atoms with Gasteiger partial charge in [-0.1, -0.05) is 45.4 Å². The van der Waals surface area contributed by atoms with Gasteiger partial charge in [-0.3, -0.25) is 0 Å². The monoisotopic (exact) mass is 245 g/mol. The lowest BCUT2D eigenvalue weighted by molar-refractivity contribution is 0.313. The van der Waals surface area contributed by atoms with Crippen LogP contribution < -0.4 is 5.32 Å². The van der Waals surface area contributed by atoms with Crippen LogP contribution in [-0.2, 0) is 4.74 Å². The van der Waals surface area contributed by atoms with Gasteiger partial charge in [0, 0.05) is 6.04 Å². The molecule has 2 nitrogen and oxygen atoms in total. The summed E-state index contributed by atoms with van der Waals surface area (Å²) in [5.41, 5.74) is 0. The van der Waals surface area contributed by atoms with E-state index in [0.717, 1.165) is 0 Å². The summed E-state index contributed by atoms with van der Waals surface area (Å²) in [6, 6.07) is 0.435. The molecule has 1 unspecified atom stereocenters. The smallest absolute Gasteiger partial charge is 0.256 e. The summed E-state index contributed by atoms with van der Waals surface area (Å²) in [7, 11) is 0. The average molecular weight is 245 g/mol. The number of hydrogen-bond donors (Lipinski definition) is 1. The number of thiocarbonyl (C=S) groups is 1. The van der Waals surface area contributed by atoms with E-state index in [-0.39, 0.29) is 0 Å². The molecule has 0 aliphatic rings. The Morgan fingerprint density at radius 3 is 2.38 bits per heavy atom. The molecule has 0 spiro atoms. The summed E-state index contributed by atoms with van der Waals surface area (Å²) in [5, 5.41) is 3.73. The van der Waals surface area contributed by atoms with Crippen molar-refractivity contribution in [3.63, 3.8) is 0 Å². The second kappa shape index (κ2) is 11.2. The Morgan fingerprint density at radius 2 is 1.75 bits per heavy atom. The van der Waals surface area contributed by atoms with Gasteiger partial charge in [-0.15, -0.1) is 0 Å². The average Bonchev–Trinajstić information content (AvgIpc) is 2.23. The standard InChI is InChI=1S/C13H27NOS/c1-4-6-7-8-9-10-11-12(3)14-13(16)15-5-2/h12H,4-11H2,1-3H3,(H,14,16). The van der Waals surface area contributed by atoms with Gasteiger partial charge in [0.25, 0.3) is 5.17 Å². The molecule has 0 saturated carbocycles. The zero-order chi connectivity index (χ0) is 12.2. The third kappa shape index (κ3) is 10.2. The van der Waals surface area contributed by atoms with Crippen LogP contribution in [0.2, 0.25) is 0 Å². The number of ether oxygens (including phenoxy) is 1. The first-order valence-electron chi connectivity index (χ1n) is 6.64. The van der Waals surface area contributed by atoms with Crippen LogP contribution in [0.1, 0.15) is 65.7 Å². The predicted octanol–water partition coefficient (Wildman–Crippen LogP) is 4.04. The van der Waals surface area contributed by atoms with Crippen LogP contribution in [-0.4, -0.2) is 17.8 Å². The van der Waals surface area contributed by atoms with Crippen molar-refractivity contribution < 1.29 is 4.74 Å². The highest BCUT2D eigenvalue weighted by atomic mass is 32.1. The van der Waals surface area contributed by atoms with Gasteiger partial charge in [0.1, 0.15) is 0 Å². The third-order valence-corrected chi connectivity index (χ3v) is 2.87. The molecule has 96 valence electrons. The molecule has 0 amide bonds. The molecular formula is C13H27NOS. The Hall–Kier alpha value is -0.310. The van der Waals surface area contributed by atoms with Crippen LogP contribution in [0.15, 0.2) is 0 Å². The minimum atomic E-state index is 0.435. The molecule has 0 aromatic carbocycles. The number of unbranched alkanes of at least 4 members (excludes halogenated alkanes) is 5. The molecule has 0 fully saturated rings. The van der Waals surface area contributed by atoms with Crippen LogP contribution in [0.25, 0.3) is 0 Å². The van der Waals surface area contributed by atoms with Crippen LogP contribution in [0, 0.1) is 0 Å². The maximum Gasteiger partial charge on any atom is 0.256 e. The SMILES string of the molecule is CCCCCCCCC(C)NC(=S)OCC. The lowest BCUT2D eigenvalue weighted by atomic mass is 10.1.